The van der Waals surface area contributed by atoms with Crippen molar-refractivity contribution in [2.75, 3.05) is 6.61 Å². The number of nitrogens with zero attached hydrogens (tertiary/aromatic N) is 1. The number of rotatable bonds is 4. The molecule has 2 aliphatic rings. The summed E-state index contributed by atoms with van der Waals surface area (Å²) in [5.41, 5.74) is 0.245. The van der Waals surface area contributed by atoms with Crippen molar-refractivity contribution < 1.29 is 17.9 Å². The molecule has 1 aromatic carbocycles. The lowest BCUT2D eigenvalue weighted by atomic mass is 9.73. The number of hydrogen-bond donors (Lipinski definition) is 0. The molecule has 1 aliphatic carbocycles. The lowest BCUT2D eigenvalue weighted by molar-refractivity contribution is -0.143. The molecular weight excluding hydrogens is 338 g/mol. The fourth-order valence-electron chi connectivity index (χ4n) is 3.92. The number of sulfonamides is 1. The number of carbonyl (C=O) groups is 1. The summed E-state index contributed by atoms with van der Waals surface area (Å²) in [5, 5.41) is 0. The molecule has 2 fully saturated rings. The summed E-state index contributed by atoms with van der Waals surface area (Å²) in [6, 6.07) is 6.64. The van der Waals surface area contributed by atoms with E-state index in [2.05, 4.69) is 0 Å². The maximum Gasteiger partial charge on any atom is 0.245 e. The van der Waals surface area contributed by atoms with Crippen LogP contribution in [0.3, 0.4) is 0 Å². The number of hydrogen-bond acceptors (Lipinski definition) is 4. The molecule has 0 radical (unpaired) electrons. The molecule has 1 aliphatic heterocycles. The van der Waals surface area contributed by atoms with Crippen molar-refractivity contribution in [2.24, 2.45) is 5.41 Å². The highest BCUT2D eigenvalue weighted by atomic mass is 32.2. The van der Waals surface area contributed by atoms with Crippen molar-refractivity contribution in [3.63, 3.8) is 0 Å². The van der Waals surface area contributed by atoms with Gasteiger partial charge in [-0.05, 0) is 45.2 Å². The molecule has 0 bridgehead atoms. The third kappa shape index (κ3) is 3.15. The summed E-state index contributed by atoms with van der Waals surface area (Å²) in [6.07, 6.45) is 2.93. The van der Waals surface area contributed by atoms with Gasteiger partial charge in [0.05, 0.1) is 23.0 Å². The topological polar surface area (TPSA) is 63.7 Å². The SMILES string of the molecule is CC[C@@H]1CO[C@H]([C@@]2(C)CCCCC2=O)N1S(=O)(=O)c1ccc(C)cc1. The molecule has 0 aromatic heterocycles. The molecule has 0 amide bonds. The van der Waals surface area contributed by atoms with E-state index in [1.165, 1.54) is 4.31 Å². The second-order valence-corrected chi connectivity index (χ2v) is 9.29. The summed E-state index contributed by atoms with van der Waals surface area (Å²) in [7, 11) is -3.72. The maximum atomic E-state index is 13.4. The van der Waals surface area contributed by atoms with Gasteiger partial charge in [-0.15, -0.1) is 0 Å². The molecular formula is C19H27NO4S. The van der Waals surface area contributed by atoms with Gasteiger partial charge in [0.15, 0.2) is 0 Å². The van der Waals surface area contributed by atoms with Crippen LogP contribution in [0.4, 0.5) is 0 Å². The molecule has 1 aromatic rings. The molecule has 5 nitrogen and oxygen atoms in total. The molecule has 1 saturated carbocycles. The highest BCUT2D eigenvalue weighted by molar-refractivity contribution is 7.89. The molecule has 3 rings (SSSR count). The van der Waals surface area contributed by atoms with Gasteiger partial charge in [-0.2, -0.15) is 4.31 Å². The highest BCUT2D eigenvalue weighted by Gasteiger charge is 2.54. The Labute approximate surface area is 150 Å². The molecule has 0 spiro atoms. The fraction of sp³-hybridized carbons (Fsp3) is 0.632. The van der Waals surface area contributed by atoms with Crippen LogP contribution in [0.5, 0.6) is 0 Å². The predicted octanol–water partition coefficient (Wildman–Crippen LogP) is 3.27. The molecule has 6 heteroatoms. The smallest absolute Gasteiger partial charge is 0.245 e. The number of Topliss-reactive ketones (excluding diaryl/α,β-unsaturated/α-hetero) is 1. The minimum absolute atomic E-state index is 0.115. The third-order valence-electron chi connectivity index (χ3n) is 5.64. The van der Waals surface area contributed by atoms with Crippen molar-refractivity contribution in [3.8, 4) is 0 Å². The minimum atomic E-state index is -3.72. The highest BCUT2D eigenvalue weighted by Crippen LogP contribution is 2.44. The fourth-order valence-corrected chi connectivity index (χ4v) is 5.79. The monoisotopic (exact) mass is 365 g/mol. The number of ketones is 1. The summed E-state index contributed by atoms with van der Waals surface area (Å²) in [5.74, 6) is 0.115. The Kier molecular flexibility index (Phi) is 5.06. The van der Waals surface area contributed by atoms with Crippen LogP contribution in [0, 0.1) is 12.3 Å². The van der Waals surface area contributed by atoms with Crippen molar-refractivity contribution in [1.29, 1.82) is 0 Å². The number of benzene rings is 1. The largest absolute Gasteiger partial charge is 0.359 e. The number of ether oxygens (including phenoxy) is 1. The Balaban J connectivity index is 2.02. The summed E-state index contributed by atoms with van der Waals surface area (Å²) < 4.78 is 34.1. The standard InChI is InChI=1S/C19H27NO4S/c1-4-15-13-24-18(19(3)12-6-5-7-17(19)21)20(15)25(22,23)16-10-8-14(2)9-11-16/h8-11,15,18H,4-7,12-13H2,1-3H3/t15-,18-,19+/m1/s1. The van der Waals surface area contributed by atoms with Crippen molar-refractivity contribution in [3.05, 3.63) is 29.8 Å². The van der Waals surface area contributed by atoms with Crippen molar-refractivity contribution in [2.45, 2.75) is 70.0 Å². The first-order valence-corrected chi connectivity index (χ1v) is 10.5. The van der Waals surface area contributed by atoms with Gasteiger partial charge in [0.25, 0.3) is 0 Å². The average Bonchev–Trinajstić information content (AvgIpc) is 3.03. The van der Waals surface area contributed by atoms with E-state index in [1.54, 1.807) is 24.3 Å². The third-order valence-corrected chi connectivity index (χ3v) is 7.55. The lowest BCUT2D eigenvalue weighted by Gasteiger charge is -2.40. The van der Waals surface area contributed by atoms with Crippen LogP contribution in [0.1, 0.15) is 51.5 Å². The van der Waals surface area contributed by atoms with Crippen LogP contribution >= 0.6 is 0 Å². The lowest BCUT2D eigenvalue weighted by Crippen LogP contribution is -2.53. The van der Waals surface area contributed by atoms with Crippen molar-refractivity contribution >= 4 is 15.8 Å². The van der Waals surface area contributed by atoms with E-state index in [4.69, 9.17) is 4.74 Å². The van der Waals surface area contributed by atoms with Crippen LogP contribution in [0.2, 0.25) is 0 Å². The zero-order valence-electron chi connectivity index (χ0n) is 15.2. The Bertz CT molecular complexity index is 743. The normalized spacial score (nSPS) is 31.4. The van der Waals surface area contributed by atoms with Gasteiger partial charge in [0.2, 0.25) is 10.0 Å². The first-order chi connectivity index (χ1) is 11.8. The van der Waals surface area contributed by atoms with Gasteiger partial charge in [0, 0.05) is 6.42 Å². The Hall–Kier alpha value is -1.24. The molecule has 0 unspecified atom stereocenters. The summed E-state index contributed by atoms with van der Waals surface area (Å²) in [6.45, 7) is 6.10. The van der Waals surface area contributed by atoms with E-state index >= 15 is 0 Å². The molecule has 138 valence electrons. The van der Waals surface area contributed by atoms with E-state index in [-0.39, 0.29) is 16.7 Å². The summed E-state index contributed by atoms with van der Waals surface area (Å²) in [4.78, 5) is 12.9. The Morgan fingerprint density at radius 3 is 2.52 bits per heavy atom. The van der Waals surface area contributed by atoms with Crippen LogP contribution < -0.4 is 0 Å². The molecule has 1 heterocycles. The van der Waals surface area contributed by atoms with Gasteiger partial charge < -0.3 is 4.74 Å². The van der Waals surface area contributed by atoms with Crippen LogP contribution in [-0.4, -0.2) is 37.4 Å². The second-order valence-electron chi connectivity index (χ2n) is 7.44. The van der Waals surface area contributed by atoms with Gasteiger partial charge in [-0.25, -0.2) is 8.42 Å². The van der Waals surface area contributed by atoms with E-state index in [9.17, 15) is 13.2 Å². The van der Waals surface area contributed by atoms with Crippen LogP contribution in [0.25, 0.3) is 0 Å². The number of aryl methyl sites for hydroxylation is 1. The first kappa shape index (κ1) is 18.5. The molecule has 0 N–H and O–H groups in total. The van der Waals surface area contributed by atoms with Gasteiger partial charge >= 0.3 is 0 Å². The minimum Gasteiger partial charge on any atom is -0.359 e. The molecule has 25 heavy (non-hydrogen) atoms. The number of carbonyl (C=O) groups excluding carboxylic acids is 1. The maximum absolute atomic E-state index is 13.4. The van der Waals surface area contributed by atoms with Gasteiger partial charge in [-0.1, -0.05) is 31.0 Å². The van der Waals surface area contributed by atoms with Crippen molar-refractivity contribution in [1.82, 2.24) is 4.31 Å². The molecule has 3 atom stereocenters. The zero-order chi connectivity index (χ0) is 18.2. The van der Waals surface area contributed by atoms with Gasteiger partial charge in [-0.3, -0.25) is 4.79 Å². The van der Waals surface area contributed by atoms with E-state index in [0.717, 1.165) is 18.4 Å². The predicted molar refractivity (Wildman–Crippen MR) is 95.6 cm³/mol. The van der Waals surface area contributed by atoms with Gasteiger partial charge in [0.1, 0.15) is 12.0 Å². The van der Waals surface area contributed by atoms with E-state index in [1.807, 2.05) is 20.8 Å². The Morgan fingerprint density at radius 1 is 1.24 bits per heavy atom. The van der Waals surface area contributed by atoms with E-state index < -0.39 is 21.7 Å². The van der Waals surface area contributed by atoms with Crippen LogP contribution in [-0.2, 0) is 19.6 Å². The summed E-state index contributed by atoms with van der Waals surface area (Å²) >= 11 is 0. The Morgan fingerprint density at radius 2 is 1.92 bits per heavy atom. The van der Waals surface area contributed by atoms with E-state index in [0.29, 0.717) is 25.9 Å². The second kappa shape index (κ2) is 6.82. The quantitative estimate of drug-likeness (QED) is 0.821. The molecule has 1 saturated heterocycles. The van der Waals surface area contributed by atoms with Crippen LogP contribution in [0.15, 0.2) is 29.2 Å². The average molecular weight is 365 g/mol. The zero-order valence-corrected chi connectivity index (χ0v) is 16.0. The first-order valence-electron chi connectivity index (χ1n) is 9.06.